The predicted octanol–water partition coefficient (Wildman–Crippen LogP) is 20.9. The number of unbranched alkanes of at least 4 members (excludes halogenated alkanes) is 31. The zero-order valence-corrected chi connectivity index (χ0v) is 62.1. The van der Waals surface area contributed by atoms with E-state index in [1.807, 2.05) is 0 Å². The van der Waals surface area contributed by atoms with E-state index < -0.39 is 24.4 Å². The van der Waals surface area contributed by atoms with Crippen molar-refractivity contribution in [3.05, 3.63) is 0 Å². The Morgan fingerprint density at radius 2 is 0.564 bits per heavy atom. The molecule has 0 aromatic rings. The van der Waals surface area contributed by atoms with Crippen LogP contribution in [0.2, 0.25) is 0 Å². The van der Waals surface area contributed by atoms with E-state index in [4.69, 9.17) is 5.11 Å². The van der Waals surface area contributed by atoms with Crippen LogP contribution in [0.15, 0.2) is 0 Å². The summed E-state index contributed by atoms with van der Waals surface area (Å²) in [5.41, 5.74) is 0. The van der Waals surface area contributed by atoms with Crippen LogP contribution in [0.4, 0.5) is 0 Å². The fourth-order valence-electron chi connectivity index (χ4n) is 17.0. The second kappa shape index (κ2) is 58.8. The third-order valence-corrected chi connectivity index (χ3v) is 23.2. The van der Waals surface area contributed by atoms with Crippen LogP contribution in [-0.4, -0.2) is 92.0 Å². The van der Waals surface area contributed by atoms with Crippen LogP contribution in [0.25, 0.3) is 0 Å². The number of carbonyl (C=O) groups excluding carboxylic acids is 4. The van der Waals surface area contributed by atoms with Crippen LogP contribution in [0.1, 0.15) is 425 Å². The first-order valence-corrected chi connectivity index (χ1v) is 41.8. The van der Waals surface area contributed by atoms with Crippen LogP contribution < -0.4 is 10.6 Å². The van der Waals surface area contributed by atoms with E-state index in [2.05, 4.69) is 31.4 Å². The molecule has 0 aromatic carbocycles. The Kier molecular flexibility index (Phi) is 54.0. The van der Waals surface area contributed by atoms with Gasteiger partial charge in [0.2, 0.25) is 11.8 Å². The van der Waals surface area contributed by atoms with E-state index in [1.165, 1.54) is 173 Å². The van der Waals surface area contributed by atoms with Gasteiger partial charge in [-0.05, 0) is 132 Å². The number of Topliss-reactive ketones (excluding diaryl/α,β-unsaturated/α-hetero) is 2. The number of ketones is 2. The molecule has 0 radical (unpaired) electrons. The summed E-state index contributed by atoms with van der Waals surface area (Å²) < 4.78 is 0. The highest BCUT2D eigenvalue weighted by atomic mass is 16.3. The normalized spacial score (nSPS) is 22.2. The fraction of sp³-hybridized carbons (Fsp3) is 0.952. The summed E-state index contributed by atoms with van der Waals surface area (Å²) in [6.45, 7) is 7.05. The Hall–Kier alpha value is -1.92. The number of hydrogen-bond acceptors (Lipinski definition) is 9. The number of hydrogen-bond donors (Lipinski definition) is 7. The lowest BCUT2D eigenvalue weighted by Gasteiger charge is -2.42. The molecule has 11 nitrogen and oxygen atoms in total. The van der Waals surface area contributed by atoms with Crippen molar-refractivity contribution < 1.29 is 44.7 Å². The van der Waals surface area contributed by atoms with Crippen LogP contribution in [-0.2, 0) is 19.2 Å². The smallest absolute Gasteiger partial charge is 0.220 e. The summed E-state index contributed by atoms with van der Waals surface area (Å²) in [4.78, 5) is 53.3. The molecule has 0 aliphatic heterocycles. The lowest BCUT2D eigenvalue weighted by Crippen LogP contribution is -2.53. The van der Waals surface area contributed by atoms with Crippen LogP contribution >= 0.6 is 0 Å². The molecule has 3 rings (SSSR count). The molecule has 2 amide bonds. The lowest BCUT2D eigenvalue weighted by molar-refractivity contribution is -0.125. The maximum atomic E-state index is 13.6. The SMILES string of the molecule is CCCCCCCCC1CC(CCCCCCC(=O)C[C@@H]2CCCC[C@H]2CC(=O)CCCCCCCC(O)C(O)CCCCCCC)C(CCCCCCC(=O)N[C@H]2CCCC[C@@H]2NC(=O)CCCCCCCC(O)C(O)CCCCCCO)CC1CCCCCCCC. The summed E-state index contributed by atoms with van der Waals surface area (Å²) in [6.07, 6.45) is 65.1. The Balaban J connectivity index is 1.41. The first-order chi connectivity index (χ1) is 45.9. The van der Waals surface area contributed by atoms with Gasteiger partial charge < -0.3 is 36.2 Å². The monoisotopic (exact) mass is 1330 g/mol. The fourth-order valence-corrected chi connectivity index (χ4v) is 17.0. The molecule has 94 heavy (non-hydrogen) atoms. The zero-order valence-electron chi connectivity index (χ0n) is 62.1. The third-order valence-electron chi connectivity index (χ3n) is 23.2. The van der Waals surface area contributed by atoms with Gasteiger partial charge in [0.25, 0.3) is 0 Å². The van der Waals surface area contributed by atoms with Crippen molar-refractivity contribution in [2.24, 2.45) is 35.5 Å². The molecule has 3 saturated carbocycles. The standard InChI is InChI=1S/C83H156N2O9/c1-4-7-10-13-18-30-47-68-64-70(49-32-24-26-35-54-75(88)67-73-52-43-42-51-72(73)66-74(87)53-34-20-15-21-37-58-79(90)78(89)57-36-17-12-9-6-3)71(65-69(68)48-31-19-14-11-8-5-2)50-33-25-27-41-62-83(94)85-77-56-45-44-55-76(77)84-82(93)61-40-23-16-22-38-59-80(91)81(92)60-39-28-29-46-63-86/h68-73,76-81,86,89-92H,4-67H2,1-3H3,(H,84,93)(H,85,94)/t68?,69?,70?,71?,72-,73-,76-,77-,78?,79?,80?,81?/m0/s1. The van der Waals surface area contributed by atoms with Gasteiger partial charge in [0.05, 0.1) is 24.4 Å². The van der Waals surface area contributed by atoms with E-state index in [9.17, 15) is 39.6 Å². The van der Waals surface area contributed by atoms with Crippen LogP contribution in [0.5, 0.6) is 0 Å². The van der Waals surface area contributed by atoms with Gasteiger partial charge in [-0.3, -0.25) is 19.2 Å². The van der Waals surface area contributed by atoms with Crippen molar-refractivity contribution in [1.29, 1.82) is 0 Å². The largest absolute Gasteiger partial charge is 0.396 e. The second-order valence-corrected chi connectivity index (χ2v) is 31.5. The highest BCUT2D eigenvalue weighted by molar-refractivity contribution is 5.80. The second-order valence-electron chi connectivity index (χ2n) is 31.5. The summed E-state index contributed by atoms with van der Waals surface area (Å²) in [7, 11) is 0. The molecule has 552 valence electrons. The lowest BCUT2D eigenvalue weighted by atomic mass is 9.63. The summed E-state index contributed by atoms with van der Waals surface area (Å²) >= 11 is 0. The molecule has 0 bridgehead atoms. The molecule has 0 aromatic heterocycles. The molecule has 12 atom stereocenters. The Morgan fingerprint density at radius 1 is 0.309 bits per heavy atom. The number of aliphatic hydroxyl groups is 5. The molecular weight excluding hydrogens is 1170 g/mol. The van der Waals surface area contributed by atoms with Crippen LogP contribution in [0.3, 0.4) is 0 Å². The molecule has 3 aliphatic rings. The Labute approximate surface area is 579 Å². The average molecular weight is 1330 g/mol. The van der Waals surface area contributed by atoms with Crippen molar-refractivity contribution in [1.82, 2.24) is 10.6 Å². The highest BCUT2D eigenvalue weighted by Gasteiger charge is 2.36. The van der Waals surface area contributed by atoms with E-state index in [0.717, 1.165) is 191 Å². The molecule has 3 fully saturated rings. The van der Waals surface area contributed by atoms with Crippen LogP contribution in [0, 0.1) is 35.5 Å². The molecular formula is C83H156N2O9. The van der Waals surface area contributed by atoms with Gasteiger partial charge in [-0.1, -0.05) is 290 Å². The van der Waals surface area contributed by atoms with E-state index >= 15 is 0 Å². The van der Waals surface area contributed by atoms with Gasteiger partial charge in [0, 0.05) is 57.2 Å². The van der Waals surface area contributed by atoms with Gasteiger partial charge in [-0.25, -0.2) is 0 Å². The quantitative estimate of drug-likeness (QED) is 0.0290. The zero-order chi connectivity index (χ0) is 67.9. The van der Waals surface area contributed by atoms with Crippen molar-refractivity contribution >= 4 is 23.4 Å². The molecule has 0 heterocycles. The molecule has 0 spiro atoms. The first-order valence-electron chi connectivity index (χ1n) is 41.8. The Bertz CT molecular complexity index is 1670. The molecule has 11 heteroatoms. The topological polar surface area (TPSA) is 193 Å². The van der Waals surface area contributed by atoms with Crippen molar-refractivity contribution in [2.45, 2.75) is 462 Å². The summed E-state index contributed by atoms with van der Waals surface area (Å²) in [5.74, 6) is 5.09. The molecule has 8 unspecified atom stereocenters. The minimum absolute atomic E-state index is 0.000563. The minimum atomic E-state index is -0.683. The summed E-state index contributed by atoms with van der Waals surface area (Å²) in [5, 5.41) is 57.1. The average Bonchev–Trinajstić information content (AvgIpc) is 0.893. The first kappa shape index (κ1) is 86.3. The van der Waals surface area contributed by atoms with Gasteiger partial charge >= 0.3 is 0 Å². The highest BCUT2D eigenvalue weighted by Crippen LogP contribution is 2.47. The van der Waals surface area contributed by atoms with Crippen molar-refractivity contribution in [3.8, 4) is 0 Å². The number of aliphatic hydroxyl groups excluding tert-OH is 5. The van der Waals surface area contributed by atoms with Gasteiger partial charge in [0.15, 0.2) is 0 Å². The summed E-state index contributed by atoms with van der Waals surface area (Å²) in [6, 6.07) is 0.00383. The number of carbonyl (C=O) groups is 4. The van der Waals surface area contributed by atoms with Gasteiger partial charge in [-0.15, -0.1) is 0 Å². The maximum absolute atomic E-state index is 13.6. The van der Waals surface area contributed by atoms with Crippen molar-refractivity contribution in [3.63, 3.8) is 0 Å². The maximum Gasteiger partial charge on any atom is 0.220 e. The Morgan fingerprint density at radius 3 is 0.872 bits per heavy atom. The van der Waals surface area contributed by atoms with Crippen molar-refractivity contribution in [2.75, 3.05) is 6.61 Å². The third kappa shape index (κ3) is 43.6. The van der Waals surface area contributed by atoms with Gasteiger partial charge in [0.1, 0.15) is 11.6 Å². The number of rotatable bonds is 64. The minimum Gasteiger partial charge on any atom is -0.396 e. The van der Waals surface area contributed by atoms with E-state index in [-0.39, 0.29) is 30.5 Å². The number of amides is 2. The predicted molar refractivity (Wildman–Crippen MR) is 394 cm³/mol. The molecule has 3 aliphatic carbocycles. The number of nitrogens with one attached hydrogen (secondary N) is 2. The van der Waals surface area contributed by atoms with E-state index in [1.54, 1.807) is 0 Å². The van der Waals surface area contributed by atoms with Gasteiger partial charge in [-0.2, -0.15) is 0 Å². The molecule has 7 N–H and O–H groups in total. The molecule has 0 saturated heterocycles. The van der Waals surface area contributed by atoms with E-state index in [0.29, 0.717) is 87.6 Å².